The molecule has 1 aromatic carbocycles. The Bertz CT molecular complexity index is 466. The number of nitrogens with one attached hydrogen (secondary N) is 1. The van der Waals surface area contributed by atoms with E-state index in [-0.39, 0.29) is 31.0 Å². The smallest absolute Gasteiger partial charge is 0.257 e. The van der Waals surface area contributed by atoms with Crippen molar-refractivity contribution in [1.82, 2.24) is 5.32 Å². The van der Waals surface area contributed by atoms with Crippen LogP contribution in [0.2, 0.25) is 0 Å². The lowest BCUT2D eigenvalue weighted by Gasteiger charge is -2.21. The highest BCUT2D eigenvalue weighted by molar-refractivity contribution is 5.85. The molecule has 1 aliphatic carbocycles. The van der Waals surface area contributed by atoms with Crippen LogP contribution in [0, 0.1) is 0 Å². The van der Waals surface area contributed by atoms with E-state index in [9.17, 15) is 4.79 Å². The van der Waals surface area contributed by atoms with Crippen molar-refractivity contribution in [3.63, 3.8) is 0 Å². The first-order valence-corrected chi connectivity index (χ1v) is 7.46. The molecule has 0 radical (unpaired) electrons. The first-order valence-electron chi connectivity index (χ1n) is 7.46. The molecule has 0 heterocycles. The molecular weight excluding hydrogens is 288 g/mol. The van der Waals surface area contributed by atoms with Gasteiger partial charge in [0.25, 0.3) is 5.91 Å². The van der Waals surface area contributed by atoms with E-state index in [0.717, 1.165) is 44.4 Å². The van der Waals surface area contributed by atoms with E-state index in [1.165, 1.54) is 11.1 Å². The molecule has 1 atom stereocenters. The number of unbranched alkanes of at least 4 members (excludes halogenated alkanes) is 1. The molecular formula is C16H25ClN2O2. The minimum Gasteiger partial charge on any atom is -0.484 e. The average Bonchev–Trinajstić information content (AvgIpc) is 2.45. The molecule has 3 N–H and O–H groups in total. The number of amides is 1. The van der Waals surface area contributed by atoms with E-state index in [2.05, 4.69) is 18.3 Å². The zero-order chi connectivity index (χ0) is 14.4. The highest BCUT2D eigenvalue weighted by atomic mass is 35.5. The second-order valence-electron chi connectivity index (χ2n) is 5.43. The molecule has 1 aliphatic rings. The predicted molar refractivity (Wildman–Crippen MR) is 87.1 cm³/mol. The van der Waals surface area contributed by atoms with Gasteiger partial charge in [0, 0.05) is 12.6 Å². The van der Waals surface area contributed by atoms with Crippen molar-refractivity contribution in [3.05, 3.63) is 29.3 Å². The largest absolute Gasteiger partial charge is 0.484 e. The van der Waals surface area contributed by atoms with Gasteiger partial charge in [0.1, 0.15) is 5.75 Å². The minimum absolute atomic E-state index is 0. The molecule has 0 aromatic heterocycles. The van der Waals surface area contributed by atoms with Crippen molar-refractivity contribution in [2.45, 2.75) is 45.1 Å². The highest BCUT2D eigenvalue weighted by Crippen LogP contribution is 2.24. The third-order valence-corrected chi connectivity index (χ3v) is 3.67. The Balaban J connectivity index is 0.00000220. The topological polar surface area (TPSA) is 64.3 Å². The summed E-state index contributed by atoms with van der Waals surface area (Å²) in [6.07, 6.45) is 5.06. The van der Waals surface area contributed by atoms with Gasteiger partial charge in [-0.3, -0.25) is 4.79 Å². The maximum atomic E-state index is 11.6. The molecule has 0 spiro atoms. The minimum atomic E-state index is -0.0622. The van der Waals surface area contributed by atoms with Gasteiger partial charge in [-0.1, -0.05) is 19.4 Å². The molecule has 1 unspecified atom stereocenters. The Hall–Kier alpha value is -1.26. The molecule has 5 heteroatoms. The van der Waals surface area contributed by atoms with E-state index >= 15 is 0 Å². The van der Waals surface area contributed by atoms with Crippen LogP contribution in [0.15, 0.2) is 18.2 Å². The van der Waals surface area contributed by atoms with Gasteiger partial charge >= 0.3 is 0 Å². The number of carbonyl (C=O) groups is 1. The Labute approximate surface area is 132 Å². The van der Waals surface area contributed by atoms with Crippen molar-refractivity contribution >= 4 is 18.3 Å². The van der Waals surface area contributed by atoms with Crippen LogP contribution in [-0.4, -0.2) is 25.1 Å². The van der Waals surface area contributed by atoms with Crippen molar-refractivity contribution < 1.29 is 9.53 Å². The summed E-state index contributed by atoms with van der Waals surface area (Å²) >= 11 is 0. The van der Waals surface area contributed by atoms with Gasteiger partial charge in [-0.05, 0) is 48.9 Å². The van der Waals surface area contributed by atoms with Crippen LogP contribution >= 0.6 is 12.4 Å². The second-order valence-corrected chi connectivity index (χ2v) is 5.43. The third-order valence-electron chi connectivity index (χ3n) is 3.67. The molecule has 118 valence electrons. The summed E-state index contributed by atoms with van der Waals surface area (Å²) in [4.78, 5) is 11.6. The van der Waals surface area contributed by atoms with Gasteiger partial charge in [0.15, 0.2) is 6.61 Å². The van der Waals surface area contributed by atoms with Crippen LogP contribution in [-0.2, 0) is 17.6 Å². The average molecular weight is 313 g/mol. The number of halogens is 1. The van der Waals surface area contributed by atoms with E-state index < -0.39 is 0 Å². The quantitative estimate of drug-likeness (QED) is 0.792. The summed E-state index contributed by atoms with van der Waals surface area (Å²) < 4.78 is 5.55. The van der Waals surface area contributed by atoms with Gasteiger partial charge in [-0.2, -0.15) is 0 Å². The number of benzene rings is 1. The Morgan fingerprint density at radius 2 is 2.24 bits per heavy atom. The van der Waals surface area contributed by atoms with Crippen LogP contribution in [0.1, 0.15) is 37.3 Å². The number of carbonyl (C=O) groups excluding carboxylic acids is 1. The lowest BCUT2D eigenvalue weighted by Crippen LogP contribution is -2.30. The Morgan fingerprint density at radius 3 is 3.00 bits per heavy atom. The first-order chi connectivity index (χ1) is 9.69. The fraction of sp³-hybridized carbons (Fsp3) is 0.562. The summed E-state index contributed by atoms with van der Waals surface area (Å²) in [7, 11) is 0. The molecule has 0 saturated carbocycles. The van der Waals surface area contributed by atoms with Gasteiger partial charge in [0.05, 0.1) is 0 Å². The van der Waals surface area contributed by atoms with Gasteiger partial charge in [0.2, 0.25) is 0 Å². The Morgan fingerprint density at radius 1 is 1.43 bits per heavy atom. The second kappa shape index (κ2) is 8.90. The number of hydrogen-bond acceptors (Lipinski definition) is 3. The van der Waals surface area contributed by atoms with Crippen LogP contribution in [0.25, 0.3) is 0 Å². The number of aryl methyl sites for hydroxylation is 1. The van der Waals surface area contributed by atoms with Crippen LogP contribution in [0.3, 0.4) is 0 Å². The molecule has 0 saturated heterocycles. The number of fused-ring (bicyclic) bond motifs is 1. The normalized spacial score (nSPS) is 16.6. The summed E-state index contributed by atoms with van der Waals surface area (Å²) in [5.74, 6) is 0.691. The van der Waals surface area contributed by atoms with Crippen molar-refractivity contribution in [1.29, 1.82) is 0 Å². The summed E-state index contributed by atoms with van der Waals surface area (Å²) in [5, 5.41) is 2.84. The van der Waals surface area contributed by atoms with E-state index in [1.807, 2.05) is 12.1 Å². The van der Waals surface area contributed by atoms with E-state index in [0.29, 0.717) is 0 Å². The molecule has 0 bridgehead atoms. The predicted octanol–water partition coefficient (Wildman–Crippen LogP) is 2.22. The van der Waals surface area contributed by atoms with Crippen molar-refractivity contribution in [3.8, 4) is 5.75 Å². The molecule has 1 amide bonds. The molecule has 2 rings (SSSR count). The lowest BCUT2D eigenvalue weighted by atomic mass is 9.89. The van der Waals surface area contributed by atoms with Crippen LogP contribution in [0.5, 0.6) is 5.75 Å². The fourth-order valence-electron chi connectivity index (χ4n) is 2.46. The van der Waals surface area contributed by atoms with Crippen LogP contribution < -0.4 is 15.8 Å². The maximum absolute atomic E-state index is 11.6. The molecule has 0 fully saturated rings. The molecule has 21 heavy (non-hydrogen) atoms. The van der Waals surface area contributed by atoms with Crippen molar-refractivity contribution in [2.75, 3.05) is 13.2 Å². The van der Waals surface area contributed by atoms with Crippen molar-refractivity contribution in [2.24, 2.45) is 5.73 Å². The monoisotopic (exact) mass is 312 g/mol. The van der Waals surface area contributed by atoms with Crippen LogP contribution in [0.4, 0.5) is 0 Å². The zero-order valence-corrected chi connectivity index (χ0v) is 13.4. The summed E-state index contributed by atoms with van der Waals surface area (Å²) in [6.45, 7) is 2.90. The third kappa shape index (κ3) is 5.56. The maximum Gasteiger partial charge on any atom is 0.257 e. The zero-order valence-electron chi connectivity index (χ0n) is 12.6. The fourth-order valence-corrected chi connectivity index (χ4v) is 2.46. The van der Waals surface area contributed by atoms with Gasteiger partial charge < -0.3 is 15.8 Å². The Kier molecular flexibility index (Phi) is 7.54. The first kappa shape index (κ1) is 17.8. The number of nitrogens with two attached hydrogens (primary N) is 1. The van der Waals surface area contributed by atoms with E-state index in [4.69, 9.17) is 10.5 Å². The summed E-state index contributed by atoms with van der Waals surface area (Å²) in [5.41, 5.74) is 8.60. The standard InChI is InChI=1S/C16H24N2O2.ClH/c1-2-3-8-18-16(19)11-20-15-7-5-12-4-6-14(17)9-13(12)10-15;/h5,7,10,14H,2-4,6,8-9,11,17H2,1H3,(H,18,19);1H. The lowest BCUT2D eigenvalue weighted by molar-refractivity contribution is -0.123. The number of hydrogen-bond donors (Lipinski definition) is 2. The SMILES string of the molecule is CCCCNC(=O)COc1ccc2c(c1)CC(N)CC2.Cl. The highest BCUT2D eigenvalue weighted by Gasteiger charge is 2.16. The molecule has 0 aliphatic heterocycles. The number of ether oxygens (including phenoxy) is 1. The van der Waals surface area contributed by atoms with Gasteiger partial charge in [-0.15, -0.1) is 12.4 Å². The summed E-state index contributed by atoms with van der Waals surface area (Å²) in [6, 6.07) is 6.30. The molecule has 1 aromatic rings. The number of rotatable bonds is 6. The molecule has 4 nitrogen and oxygen atoms in total. The van der Waals surface area contributed by atoms with Gasteiger partial charge in [-0.25, -0.2) is 0 Å². The van der Waals surface area contributed by atoms with E-state index in [1.54, 1.807) is 0 Å².